The first-order valence-electron chi connectivity index (χ1n) is 5.09. The Balaban J connectivity index is 0.00000144. The monoisotopic (exact) mass is 274 g/mol. The Morgan fingerprint density at radius 1 is 1.29 bits per heavy atom. The van der Waals surface area contributed by atoms with E-state index < -0.39 is 0 Å². The third-order valence-electron chi connectivity index (χ3n) is 2.52. The molecule has 2 aromatic rings. The molecule has 0 unspecified atom stereocenters. The van der Waals surface area contributed by atoms with Crippen molar-refractivity contribution in [3.8, 4) is 0 Å². The number of aromatic nitrogens is 2. The molecule has 0 saturated heterocycles. The fourth-order valence-electron chi connectivity index (χ4n) is 1.60. The van der Waals surface area contributed by atoms with E-state index >= 15 is 0 Å². The summed E-state index contributed by atoms with van der Waals surface area (Å²) in [5.74, 6) is 0.270. The van der Waals surface area contributed by atoms with Crippen molar-refractivity contribution in [3.63, 3.8) is 0 Å². The summed E-state index contributed by atoms with van der Waals surface area (Å²) in [5, 5.41) is 0. The minimum absolute atomic E-state index is 0. The summed E-state index contributed by atoms with van der Waals surface area (Å²) >= 11 is 5.75. The van der Waals surface area contributed by atoms with Gasteiger partial charge in [-0.15, -0.1) is 24.0 Å². The Hall–Kier alpha value is -1.06. The highest BCUT2D eigenvalue weighted by Gasteiger charge is 2.03. The first-order chi connectivity index (χ1) is 7.81. The molecule has 0 aliphatic rings. The van der Waals surface area contributed by atoms with E-state index in [4.69, 9.17) is 11.6 Å². The summed E-state index contributed by atoms with van der Waals surface area (Å²) in [6.45, 7) is 0.697. The highest BCUT2D eigenvalue weighted by molar-refractivity contribution is 6.16. The summed E-state index contributed by atoms with van der Waals surface area (Å²) in [6, 6.07) is 6.81. The highest BCUT2D eigenvalue weighted by atomic mass is 35.5. The van der Waals surface area contributed by atoms with Crippen molar-refractivity contribution in [1.29, 1.82) is 0 Å². The molecule has 0 spiro atoms. The smallest absolute Gasteiger partial charge is 0.126 e. The van der Waals surface area contributed by atoms with Crippen molar-refractivity contribution >= 4 is 24.0 Å². The fourth-order valence-corrected chi connectivity index (χ4v) is 1.83. The largest absolute Gasteiger partial charge is 0.333 e. The average Bonchev–Trinajstić information content (AvgIpc) is 2.75. The maximum Gasteiger partial charge on any atom is 0.126 e. The first-order valence-corrected chi connectivity index (χ1v) is 5.63. The van der Waals surface area contributed by atoms with Gasteiger partial charge in [0.05, 0.1) is 17.9 Å². The molecule has 92 valence electrons. The number of alkyl halides is 1. The molecular formula is C12H13Cl2FN2. The maximum atomic E-state index is 13.3. The molecule has 0 fully saturated rings. The summed E-state index contributed by atoms with van der Waals surface area (Å²) in [5.41, 5.74) is 1.68. The van der Waals surface area contributed by atoms with Gasteiger partial charge in [0.2, 0.25) is 0 Å². The lowest BCUT2D eigenvalue weighted by Crippen LogP contribution is -2.04. The second-order valence-electron chi connectivity index (χ2n) is 3.55. The van der Waals surface area contributed by atoms with Crippen LogP contribution in [0.3, 0.4) is 0 Å². The zero-order chi connectivity index (χ0) is 11.4. The van der Waals surface area contributed by atoms with E-state index in [9.17, 15) is 4.39 Å². The Morgan fingerprint density at radius 2 is 2.06 bits per heavy atom. The predicted molar refractivity (Wildman–Crippen MR) is 69.1 cm³/mol. The van der Waals surface area contributed by atoms with Gasteiger partial charge in [-0.05, 0) is 18.1 Å². The van der Waals surface area contributed by atoms with Gasteiger partial charge < -0.3 is 4.57 Å². The molecule has 0 amide bonds. The van der Waals surface area contributed by atoms with Crippen LogP contribution >= 0.6 is 24.0 Å². The van der Waals surface area contributed by atoms with E-state index in [1.165, 1.54) is 6.07 Å². The maximum absolute atomic E-state index is 13.3. The second-order valence-corrected chi connectivity index (χ2v) is 3.82. The van der Waals surface area contributed by atoms with Crippen molar-refractivity contribution in [3.05, 3.63) is 53.9 Å². The van der Waals surface area contributed by atoms with Crippen LogP contribution in [-0.2, 0) is 18.8 Å². The minimum atomic E-state index is -0.157. The van der Waals surface area contributed by atoms with E-state index in [-0.39, 0.29) is 18.2 Å². The van der Waals surface area contributed by atoms with Gasteiger partial charge in [0.25, 0.3) is 0 Å². The standard InChI is InChI=1S/C12H12ClFN2.ClH/c13-7-11-8-15-9-16(11)6-5-10-3-1-2-4-12(10)14;/h1-4,8-9H,5-7H2;1H. The number of hydrogen-bond acceptors (Lipinski definition) is 1. The van der Waals surface area contributed by atoms with E-state index in [1.807, 2.05) is 10.6 Å². The van der Waals surface area contributed by atoms with Crippen molar-refractivity contribution < 1.29 is 4.39 Å². The molecule has 0 N–H and O–H groups in total. The van der Waals surface area contributed by atoms with Crippen LogP contribution in [0.5, 0.6) is 0 Å². The van der Waals surface area contributed by atoms with Crippen LogP contribution in [0.15, 0.2) is 36.8 Å². The molecule has 1 aromatic heterocycles. The molecule has 1 heterocycles. The number of aryl methyl sites for hydroxylation is 2. The number of halogens is 3. The highest BCUT2D eigenvalue weighted by Crippen LogP contribution is 2.10. The number of imidazole rings is 1. The molecule has 5 heteroatoms. The number of rotatable bonds is 4. The molecular weight excluding hydrogens is 262 g/mol. The molecule has 0 aliphatic carbocycles. The molecule has 0 radical (unpaired) electrons. The molecule has 1 aromatic carbocycles. The number of benzene rings is 1. The normalized spacial score (nSPS) is 10.0. The number of nitrogens with zero attached hydrogens (tertiary/aromatic N) is 2. The van der Waals surface area contributed by atoms with Crippen LogP contribution in [0.2, 0.25) is 0 Å². The van der Waals surface area contributed by atoms with Gasteiger partial charge in [0, 0.05) is 12.7 Å². The summed E-state index contributed by atoms with van der Waals surface area (Å²) < 4.78 is 15.3. The molecule has 2 rings (SSSR count). The SMILES string of the molecule is Cl.Fc1ccccc1CCn1cncc1CCl. The van der Waals surface area contributed by atoms with Gasteiger partial charge in [-0.25, -0.2) is 9.37 Å². The Bertz CT molecular complexity index is 471. The van der Waals surface area contributed by atoms with Crippen LogP contribution in [-0.4, -0.2) is 9.55 Å². The first kappa shape index (κ1) is 14.0. The topological polar surface area (TPSA) is 17.8 Å². The summed E-state index contributed by atoms with van der Waals surface area (Å²) in [4.78, 5) is 4.01. The van der Waals surface area contributed by atoms with Gasteiger partial charge in [-0.2, -0.15) is 0 Å². The lowest BCUT2D eigenvalue weighted by Gasteiger charge is -2.06. The van der Waals surface area contributed by atoms with E-state index in [0.29, 0.717) is 18.8 Å². The van der Waals surface area contributed by atoms with Gasteiger partial charge in [-0.3, -0.25) is 0 Å². The molecule has 0 aliphatic heterocycles. The quantitative estimate of drug-likeness (QED) is 0.782. The van der Waals surface area contributed by atoms with Crippen molar-refractivity contribution in [2.45, 2.75) is 18.8 Å². The van der Waals surface area contributed by atoms with Crippen LogP contribution in [0.1, 0.15) is 11.3 Å². The molecule has 2 nitrogen and oxygen atoms in total. The van der Waals surface area contributed by atoms with Crippen LogP contribution < -0.4 is 0 Å². The van der Waals surface area contributed by atoms with Gasteiger partial charge in [-0.1, -0.05) is 18.2 Å². The fraction of sp³-hybridized carbons (Fsp3) is 0.250. The second kappa shape index (κ2) is 6.62. The minimum Gasteiger partial charge on any atom is -0.333 e. The van der Waals surface area contributed by atoms with Crippen LogP contribution in [0.25, 0.3) is 0 Å². The molecule has 0 saturated carbocycles. The average molecular weight is 275 g/mol. The van der Waals surface area contributed by atoms with Crippen molar-refractivity contribution in [2.75, 3.05) is 0 Å². The summed E-state index contributed by atoms with van der Waals surface area (Å²) in [7, 11) is 0. The van der Waals surface area contributed by atoms with Crippen molar-refractivity contribution in [2.24, 2.45) is 0 Å². The van der Waals surface area contributed by atoms with E-state index in [2.05, 4.69) is 4.98 Å². The van der Waals surface area contributed by atoms with Gasteiger partial charge in [0.1, 0.15) is 5.82 Å². The zero-order valence-corrected chi connectivity index (χ0v) is 10.7. The van der Waals surface area contributed by atoms with Gasteiger partial charge in [0.15, 0.2) is 0 Å². The Labute approximate surface area is 111 Å². The van der Waals surface area contributed by atoms with E-state index in [0.717, 1.165) is 11.3 Å². The third-order valence-corrected chi connectivity index (χ3v) is 2.79. The molecule has 0 bridgehead atoms. The Morgan fingerprint density at radius 3 is 2.76 bits per heavy atom. The molecule has 0 atom stereocenters. The zero-order valence-electron chi connectivity index (χ0n) is 9.14. The van der Waals surface area contributed by atoms with Crippen LogP contribution in [0.4, 0.5) is 4.39 Å². The van der Waals surface area contributed by atoms with Gasteiger partial charge >= 0.3 is 0 Å². The van der Waals surface area contributed by atoms with Crippen LogP contribution in [0, 0.1) is 5.82 Å². The summed E-state index contributed by atoms with van der Waals surface area (Å²) in [6.07, 6.45) is 4.10. The Kier molecular flexibility index (Phi) is 5.45. The van der Waals surface area contributed by atoms with Crippen molar-refractivity contribution in [1.82, 2.24) is 9.55 Å². The lowest BCUT2D eigenvalue weighted by molar-refractivity contribution is 0.590. The molecule has 17 heavy (non-hydrogen) atoms. The predicted octanol–water partition coefficient (Wildman–Crippen LogP) is 3.43. The number of hydrogen-bond donors (Lipinski definition) is 0. The third kappa shape index (κ3) is 3.45. The van der Waals surface area contributed by atoms with E-state index in [1.54, 1.807) is 24.7 Å². The lowest BCUT2D eigenvalue weighted by atomic mass is 10.1.